The first-order valence-corrected chi connectivity index (χ1v) is 9.58. The second-order valence-corrected chi connectivity index (χ2v) is 8.30. The highest BCUT2D eigenvalue weighted by Gasteiger charge is 2.51. The van der Waals surface area contributed by atoms with Gasteiger partial charge in [-0.15, -0.1) is 0 Å². The summed E-state index contributed by atoms with van der Waals surface area (Å²) in [6.45, 7) is 10.6. The molecule has 8 nitrogen and oxygen atoms in total. The number of amides is 2. The predicted molar refractivity (Wildman–Crippen MR) is 100 cm³/mol. The third-order valence-corrected chi connectivity index (χ3v) is 5.14. The van der Waals surface area contributed by atoms with Gasteiger partial charge in [-0.1, -0.05) is 26.7 Å². The molecule has 0 radical (unpaired) electrons. The van der Waals surface area contributed by atoms with E-state index >= 15 is 0 Å². The molecule has 0 aliphatic heterocycles. The van der Waals surface area contributed by atoms with E-state index in [1.165, 1.54) is 6.92 Å². The van der Waals surface area contributed by atoms with Crippen LogP contribution in [0.5, 0.6) is 0 Å². The summed E-state index contributed by atoms with van der Waals surface area (Å²) in [5, 5.41) is 25.8. The van der Waals surface area contributed by atoms with Crippen molar-refractivity contribution in [1.82, 2.24) is 10.6 Å². The quantitative estimate of drug-likeness (QED) is 0.530. The molecule has 27 heavy (non-hydrogen) atoms. The number of nitrogens with one attached hydrogen (secondary N) is 2. The van der Waals surface area contributed by atoms with Gasteiger partial charge in [-0.2, -0.15) is 0 Å². The molecule has 2 amide bonds. The number of carboxylic acids is 1. The molecular formula is C19H34N2O6. The Labute approximate surface area is 161 Å². The van der Waals surface area contributed by atoms with Gasteiger partial charge in [-0.25, -0.2) is 4.79 Å². The molecular weight excluding hydrogens is 352 g/mol. The van der Waals surface area contributed by atoms with Crippen molar-refractivity contribution in [2.75, 3.05) is 0 Å². The monoisotopic (exact) mass is 386 g/mol. The molecule has 1 aliphatic carbocycles. The topological polar surface area (TPSA) is 125 Å². The maximum Gasteiger partial charge on any atom is 0.407 e. The summed E-state index contributed by atoms with van der Waals surface area (Å²) in [5.74, 6) is -2.96. The van der Waals surface area contributed by atoms with E-state index in [2.05, 4.69) is 10.6 Å². The van der Waals surface area contributed by atoms with Gasteiger partial charge in [0.05, 0.1) is 12.0 Å². The summed E-state index contributed by atoms with van der Waals surface area (Å²) in [7, 11) is 0. The second-order valence-electron chi connectivity index (χ2n) is 8.30. The SMILES string of the molecule is CCC(CC)[C@H](NC(C)=O)[C@@H]1[C@H](O)[C@@H](C(=O)O)C[C@H]1NC(=O)OC(C)(C)C. The Morgan fingerprint density at radius 2 is 1.74 bits per heavy atom. The first-order chi connectivity index (χ1) is 12.4. The van der Waals surface area contributed by atoms with Crippen LogP contribution in [-0.4, -0.2) is 52.0 Å². The number of rotatable bonds is 7. The lowest BCUT2D eigenvalue weighted by Crippen LogP contribution is -2.54. The second kappa shape index (κ2) is 9.39. The van der Waals surface area contributed by atoms with Gasteiger partial charge in [-0.3, -0.25) is 9.59 Å². The van der Waals surface area contributed by atoms with E-state index < -0.39 is 47.7 Å². The number of hydrogen-bond donors (Lipinski definition) is 4. The molecule has 0 saturated heterocycles. The predicted octanol–water partition coefficient (Wildman–Crippen LogP) is 1.90. The van der Waals surface area contributed by atoms with Gasteiger partial charge in [-0.05, 0) is 33.1 Å². The van der Waals surface area contributed by atoms with Crippen LogP contribution in [0.3, 0.4) is 0 Å². The Morgan fingerprint density at radius 1 is 1.19 bits per heavy atom. The fraction of sp³-hybridized carbons (Fsp3) is 0.842. The number of carbonyl (C=O) groups excluding carboxylic acids is 2. The number of alkyl carbamates (subject to hydrolysis) is 1. The third kappa shape index (κ3) is 6.37. The fourth-order valence-electron chi connectivity index (χ4n) is 3.96. The van der Waals surface area contributed by atoms with Crippen molar-refractivity contribution in [3.05, 3.63) is 0 Å². The lowest BCUT2D eigenvalue weighted by atomic mass is 9.80. The Balaban J connectivity index is 3.17. The van der Waals surface area contributed by atoms with Crippen molar-refractivity contribution in [3.63, 3.8) is 0 Å². The number of hydrogen-bond acceptors (Lipinski definition) is 5. The van der Waals surface area contributed by atoms with Gasteiger partial charge < -0.3 is 25.6 Å². The molecule has 0 aromatic carbocycles. The summed E-state index contributed by atoms with van der Waals surface area (Å²) >= 11 is 0. The van der Waals surface area contributed by atoms with Crippen LogP contribution in [0.4, 0.5) is 4.79 Å². The van der Waals surface area contributed by atoms with Crippen LogP contribution in [0.1, 0.15) is 60.8 Å². The van der Waals surface area contributed by atoms with Crippen molar-refractivity contribution in [2.24, 2.45) is 17.8 Å². The van der Waals surface area contributed by atoms with Crippen molar-refractivity contribution < 1.29 is 29.3 Å². The molecule has 4 N–H and O–H groups in total. The number of carboxylic acid groups (broad SMARTS) is 1. The Kier molecular flexibility index (Phi) is 8.07. The van der Waals surface area contributed by atoms with E-state index in [0.717, 1.165) is 12.8 Å². The van der Waals surface area contributed by atoms with Gasteiger partial charge in [0.2, 0.25) is 5.91 Å². The summed E-state index contributed by atoms with van der Waals surface area (Å²) < 4.78 is 5.29. The minimum Gasteiger partial charge on any atom is -0.481 e. The van der Waals surface area contributed by atoms with Crippen LogP contribution in [0.25, 0.3) is 0 Å². The van der Waals surface area contributed by atoms with Crippen LogP contribution in [0, 0.1) is 17.8 Å². The fourth-order valence-corrected chi connectivity index (χ4v) is 3.96. The summed E-state index contributed by atoms with van der Waals surface area (Å²) in [4.78, 5) is 35.6. The molecule has 1 aliphatic rings. The molecule has 0 aromatic heterocycles. The molecule has 0 bridgehead atoms. The maximum atomic E-state index is 12.2. The summed E-state index contributed by atoms with van der Waals surface area (Å²) in [6, 6.07) is -1.06. The van der Waals surface area contributed by atoms with Crippen LogP contribution in [-0.2, 0) is 14.3 Å². The lowest BCUT2D eigenvalue weighted by Gasteiger charge is -2.36. The normalized spacial score (nSPS) is 26.5. The third-order valence-electron chi connectivity index (χ3n) is 5.14. The summed E-state index contributed by atoms with van der Waals surface area (Å²) in [5.41, 5.74) is -0.699. The Bertz CT molecular complexity index is 541. The zero-order valence-electron chi connectivity index (χ0n) is 17.1. The largest absolute Gasteiger partial charge is 0.481 e. The molecule has 0 spiro atoms. The van der Waals surface area contributed by atoms with E-state index in [0.29, 0.717) is 0 Å². The maximum absolute atomic E-state index is 12.2. The standard InChI is InChI=1S/C19H34N2O6/c1-7-11(8-2)15(20-10(3)22)14-13(9-12(16(14)23)17(24)25)21-18(26)27-19(4,5)6/h11-16,23H,7-9H2,1-6H3,(H,20,22)(H,21,26)(H,24,25)/t12-,13+,14+,15-,16+/m0/s1. The van der Waals surface area contributed by atoms with Crippen molar-refractivity contribution in [2.45, 2.75) is 84.6 Å². The number of carbonyl (C=O) groups is 3. The number of aliphatic hydroxyl groups excluding tert-OH is 1. The zero-order valence-corrected chi connectivity index (χ0v) is 17.1. The van der Waals surface area contributed by atoms with Gasteiger partial charge in [0.1, 0.15) is 5.60 Å². The molecule has 1 saturated carbocycles. The van der Waals surface area contributed by atoms with Crippen LogP contribution >= 0.6 is 0 Å². The van der Waals surface area contributed by atoms with Gasteiger partial charge in [0.25, 0.3) is 0 Å². The first-order valence-electron chi connectivity index (χ1n) is 9.58. The number of aliphatic hydroxyl groups is 1. The van der Waals surface area contributed by atoms with E-state index in [9.17, 15) is 24.6 Å². The van der Waals surface area contributed by atoms with Gasteiger partial charge >= 0.3 is 12.1 Å². The van der Waals surface area contributed by atoms with Crippen molar-refractivity contribution in [3.8, 4) is 0 Å². The number of aliphatic carboxylic acids is 1. The van der Waals surface area contributed by atoms with E-state index in [4.69, 9.17) is 4.74 Å². The van der Waals surface area contributed by atoms with E-state index in [1.54, 1.807) is 20.8 Å². The molecule has 1 fully saturated rings. The Morgan fingerprint density at radius 3 is 2.15 bits per heavy atom. The van der Waals surface area contributed by atoms with Crippen LogP contribution in [0.2, 0.25) is 0 Å². The molecule has 156 valence electrons. The molecule has 5 atom stereocenters. The van der Waals surface area contributed by atoms with Gasteiger partial charge in [0, 0.05) is 24.9 Å². The molecule has 0 unspecified atom stereocenters. The zero-order chi connectivity index (χ0) is 20.9. The molecule has 8 heteroatoms. The highest BCUT2D eigenvalue weighted by Crippen LogP contribution is 2.38. The average Bonchev–Trinajstić information content (AvgIpc) is 2.81. The number of ether oxygens (including phenoxy) is 1. The smallest absolute Gasteiger partial charge is 0.407 e. The molecule has 0 heterocycles. The molecule has 1 rings (SSSR count). The first kappa shape index (κ1) is 23.2. The van der Waals surface area contributed by atoms with Crippen molar-refractivity contribution in [1.29, 1.82) is 0 Å². The molecule has 0 aromatic rings. The van der Waals surface area contributed by atoms with Crippen molar-refractivity contribution >= 4 is 18.0 Å². The minimum absolute atomic E-state index is 0.0454. The minimum atomic E-state index is -1.18. The average molecular weight is 386 g/mol. The van der Waals surface area contributed by atoms with E-state index in [1.807, 2.05) is 13.8 Å². The van der Waals surface area contributed by atoms with E-state index in [-0.39, 0.29) is 18.2 Å². The van der Waals surface area contributed by atoms with Gasteiger partial charge in [0.15, 0.2) is 0 Å². The Hall–Kier alpha value is -1.83. The summed E-state index contributed by atoms with van der Waals surface area (Å²) in [6.07, 6.45) is -0.263. The van der Waals surface area contributed by atoms with Crippen LogP contribution < -0.4 is 10.6 Å². The highest BCUT2D eigenvalue weighted by atomic mass is 16.6. The highest BCUT2D eigenvalue weighted by molar-refractivity contribution is 5.74. The van der Waals surface area contributed by atoms with Crippen LogP contribution in [0.15, 0.2) is 0 Å². The lowest BCUT2D eigenvalue weighted by molar-refractivity contribution is -0.145.